The molecule has 0 amide bonds. The van der Waals surface area contributed by atoms with Crippen LogP contribution in [0.1, 0.15) is 0 Å². The number of sulfonamides is 1. The predicted octanol–water partition coefficient (Wildman–Crippen LogP) is 2.25. The van der Waals surface area contributed by atoms with E-state index in [0.717, 1.165) is 0 Å². The molecule has 2 rings (SSSR count). The molecule has 1 aromatic carbocycles. The Bertz CT molecular complexity index is 689. The van der Waals surface area contributed by atoms with E-state index < -0.39 is 10.0 Å². The molecule has 0 saturated carbocycles. The van der Waals surface area contributed by atoms with Gasteiger partial charge in [-0.3, -0.25) is 9.29 Å². The van der Waals surface area contributed by atoms with Gasteiger partial charge in [0.25, 0.3) is 10.0 Å². The average molecular weight is 342 g/mol. The van der Waals surface area contributed by atoms with Gasteiger partial charge in [0.05, 0.1) is 16.8 Å². The maximum Gasteiger partial charge on any atom is 0.264 e. The van der Waals surface area contributed by atoms with Crippen molar-refractivity contribution in [3.8, 4) is 0 Å². The molecule has 0 aliphatic heterocycles. The molecular formula is C12H12BrN3O2S. The van der Waals surface area contributed by atoms with Crippen LogP contribution >= 0.6 is 15.9 Å². The Kier molecular flexibility index (Phi) is 3.77. The first-order chi connectivity index (χ1) is 8.93. The summed E-state index contributed by atoms with van der Waals surface area (Å²) in [6.45, 7) is 0. The molecule has 0 bridgehead atoms. The Morgan fingerprint density at radius 1 is 1.32 bits per heavy atom. The van der Waals surface area contributed by atoms with Crippen LogP contribution in [0.15, 0.2) is 52.1 Å². The van der Waals surface area contributed by atoms with Crippen LogP contribution in [0.2, 0.25) is 0 Å². The second kappa shape index (κ2) is 5.18. The van der Waals surface area contributed by atoms with Gasteiger partial charge in [-0.1, -0.05) is 0 Å². The van der Waals surface area contributed by atoms with Gasteiger partial charge in [0, 0.05) is 23.4 Å². The van der Waals surface area contributed by atoms with Gasteiger partial charge in [-0.2, -0.15) is 0 Å². The van der Waals surface area contributed by atoms with Gasteiger partial charge in [-0.15, -0.1) is 0 Å². The number of hydrogen-bond donors (Lipinski definition) is 1. The quantitative estimate of drug-likeness (QED) is 0.868. The first-order valence-electron chi connectivity index (χ1n) is 5.37. The number of nitrogen functional groups attached to an aromatic ring is 1. The van der Waals surface area contributed by atoms with Gasteiger partial charge < -0.3 is 5.73 Å². The third-order valence-electron chi connectivity index (χ3n) is 2.64. The molecule has 0 saturated heterocycles. The van der Waals surface area contributed by atoms with Crippen molar-refractivity contribution in [3.63, 3.8) is 0 Å². The van der Waals surface area contributed by atoms with Crippen molar-refractivity contribution in [2.75, 3.05) is 17.1 Å². The van der Waals surface area contributed by atoms with Crippen molar-refractivity contribution in [3.05, 3.63) is 47.2 Å². The van der Waals surface area contributed by atoms with E-state index in [4.69, 9.17) is 5.73 Å². The molecule has 0 aliphatic carbocycles. The molecule has 100 valence electrons. The van der Waals surface area contributed by atoms with Crippen LogP contribution in [0.5, 0.6) is 0 Å². The van der Waals surface area contributed by atoms with Gasteiger partial charge >= 0.3 is 0 Å². The fraction of sp³-hybridized carbons (Fsp3) is 0.0833. The molecule has 1 heterocycles. The molecule has 0 radical (unpaired) electrons. The number of nitrogens with two attached hydrogens (primary N) is 1. The zero-order valence-corrected chi connectivity index (χ0v) is 12.5. The number of aromatic nitrogens is 1. The SMILES string of the molecule is CN(c1cccnc1)S(=O)(=O)c1ccc(N)c(Br)c1. The molecule has 0 aliphatic rings. The molecule has 0 atom stereocenters. The first kappa shape index (κ1) is 13.8. The van der Waals surface area contributed by atoms with Crippen LogP contribution in [0.3, 0.4) is 0 Å². The normalized spacial score (nSPS) is 11.3. The van der Waals surface area contributed by atoms with Gasteiger partial charge in [0.1, 0.15) is 0 Å². The summed E-state index contributed by atoms with van der Waals surface area (Å²) in [5.74, 6) is 0. The number of pyridine rings is 1. The number of rotatable bonds is 3. The summed E-state index contributed by atoms with van der Waals surface area (Å²) < 4.78 is 26.6. The van der Waals surface area contributed by atoms with Crippen molar-refractivity contribution >= 4 is 37.3 Å². The van der Waals surface area contributed by atoms with E-state index in [1.54, 1.807) is 24.4 Å². The lowest BCUT2D eigenvalue weighted by Gasteiger charge is -2.19. The van der Waals surface area contributed by atoms with Crippen molar-refractivity contribution in [2.45, 2.75) is 4.90 Å². The van der Waals surface area contributed by atoms with Gasteiger partial charge in [0.15, 0.2) is 0 Å². The lowest BCUT2D eigenvalue weighted by Crippen LogP contribution is -2.26. The van der Waals surface area contributed by atoms with Crippen molar-refractivity contribution < 1.29 is 8.42 Å². The van der Waals surface area contributed by atoms with E-state index in [9.17, 15) is 8.42 Å². The molecule has 0 unspecified atom stereocenters. The molecule has 7 heteroatoms. The Labute approximate surface area is 120 Å². The molecule has 0 spiro atoms. The van der Waals surface area contributed by atoms with Crippen LogP contribution in [0.25, 0.3) is 0 Å². The molecule has 2 N–H and O–H groups in total. The van der Waals surface area contributed by atoms with E-state index in [2.05, 4.69) is 20.9 Å². The summed E-state index contributed by atoms with van der Waals surface area (Å²) in [5.41, 5.74) is 6.64. The zero-order chi connectivity index (χ0) is 14.0. The third kappa shape index (κ3) is 2.71. The van der Waals surface area contributed by atoms with E-state index in [1.165, 1.54) is 29.7 Å². The second-order valence-corrected chi connectivity index (χ2v) is 6.69. The van der Waals surface area contributed by atoms with E-state index in [0.29, 0.717) is 15.8 Å². The molecule has 1 aromatic heterocycles. The summed E-state index contributed by atoms with van der Waals surface area (Å²) in [4.78, 5) is 4.08. The Morgan fingerprint density at radius 3 is 2.63 bits per heavy atom. The molecule has 19 heavy (non-hydrogen) atoms. The van der Waals surface area contributed by atoms with Crippen molar-refractivity contribution in [1.82, 2.24) is 4.98 Å². The number of anilines is 2. The first-order valence-corrected chi connectivity index (χ1v) is 7.60. The highest BCUT2D eigenvalue weighted by atomic mass is 79.9. The van der Waals surface area contributed by atoms with E-state index in [1.807, 2.05) is 0 Å². The minimum atomic E-state index is -3.62. The lowest BCUT2D eigenvalue weighted by atomic mass is 10.3. The van der Waals surface area contributed by atoms with Gasteiger partial charge in [0.2, 0.25) is 0 Å². The highest BCUT2D eigenvalue weighted by molar-refractivity contribution is 9.10. The standard InChI is InChI=1S/C12H12BrN3O2S/c1-16(9-3-2-6-15-8-9)19(17,18)10-4-5-12(14)11(13)7-10/h2-8H,14H2,1H3. The predicted molar refractivity (Wildman–Crippen MR) is 78.4 cm³/mol. The molecule has 2 aromatic rings. The number of hydrogen-bond acceptors (Lipinski definition) is 4. The highest BCUT2D eigenvalue weighted by Gasteiger charge is 2.21. The van der Waals surface area contributed by atoms with Crippen LogP contribution < -0.4 is 10.0 Å². The number of nitrogens with zero attached hydrogens (tertiary/aromatic N) is 2. The topological polar surface area (TPSA) is 76.3 Å². The third-order valence-corrected chi connectivity index (χ3v) is 5.11. The molecular weight excluding hydrogens is 330 g/mol. The van der Waals surface area contributed by atoms with Crippen molar-refractivity contribution in [1.29, 1.82) is 0 Å². The number of halogens is 1. The Balaban J connectivity index is 2.45. The van der Waals surface area contributed by atoms with E-state index in [-0.39, 0.29) is 4.90 Å². The second-order valence-electron chi connectivity index (χ2n) is 3.87. The summed E-state index contributed by atoms with van der Waals surface area (Å²) in [7, 11) is -2.14. The minimum absolute atomic E-state index is 0.167. The molecule has 0 fully saturated rings. The summed E-state index contributed by atoms with van der Waals surface area (Å²) in [6, 6.07) is 7.87. The van der Waals surface area contributed by atoms with Crippen LogP contribution in [-0.2, 0) is 10.0 Å². The summed E-state index contributed by atoms with van der Waals surface area (Å²) in [5, 5.41) is 0. The monoisotopic (exact) mass is 341 g/mol. The molecule has 5 nitrogen and oxygen atoms in total. The smallest absolute Gasteiger partial charge is 0.264 e. The lowest BCUT2D eigenvalue weighted by molar-refractivity contribution is 0.594. The fourth-order valence-electron chi connectivity index (χ4n) is 1.51. The largest absolute Gasteiger partial charge is 0.398 e. The van der Waals surface area contributed by atoms with Crippen LogP contribution in [-0.4, -0.2) is 20.4 Å². The maximum absolute atomic E-state index is 12.4. The summed E-state index contributed by atoms with van der Waals surface area (Å²) in [6.07, 6.45) is 3.08. The van der Waals surface area contributed by atoms with Crippen molar-refractivity contribution in [2.24, 2.45) is 0 Å². The van der Waals surface area contributed by atoms with Gasteiger partial charge in [-0.25, -0.2) is 8.42 Å². The zero-order valence-electron chi connectivity index (χ0n) is 10.1. The highest BCUT2D eigenvalue weighted by Crippen LogP contribution is 2.26. The average Bonchev–Trinajstić information content (AvgIpc) is 2.41. The van der Waals surface area contributed by atoms with Crippen LogP contribution in [0, 0.1) is 0 Å². The van der Waals surface area contributed by atoms with Gasteiger partial charge in [-0.05, 0) is 46.3 Å². The minimum Gasteiger partial charge on any atom is -0.398 e. The summed E-state index contributed by atoms with van der Waals surface area (Å²) >= 11 is 3.22. The van der Waals surface area contributed by atoms with Crippen LogP contribution in [0.4, 0.5) is 11.4 Å². The Hall–Kier alpha value is -1.60. The fourth-order valence-corrected chi connectivity index (χ4v) is 3.24. The maximum atomic E-state index is 12.4. The van der Waals surface area contributed by atoms with E-state index >= 15 is 0 Å². The Morgan fingerprint density at radius 2 is 2.05 bits per heavy atom. The number of benzene rings is 1.